The first kappa shape index (κ1) is 6.58. The van der Waals surface area contributed by atoms with Crippen molar-refractivity contribution in [3.8, 4) is 0 Å². The Hall–Kier alpha value is -1.12. The van der Waals surface area contributed by atoms with E-state index in [0.717, 1.165) is 0 Å². The third-order valence-electron chi connectivity index (χ3n) is 1.92. The second-order valence-electron chi connectivity index (χ2n) is 2.95. The monoisotopic (exact) mass is 150 g/mol. The van der Waals surface area contributed by atoms with E-state index in [2.05, 4.69) is 4.98 Å². The molecule has 58 valence electrons. The molecule has 1 heterocycles. The first-order chi connectivity index (χ1) is 5.29. The van der Waals surface area contributed by atoms with E-state index in [0.29, 0.717) is 11.9 Å². The fraction of sp³-hybridized carbons (Fsp3) is 0.500. The summed E-state index contributed by atoms with van der Waals surface area (Å²) in [5.74, 6) is 0.661. The Kier molecular flexibility index (Phi) is 1.31. The Labute approximate surface area is 65.1 Å². The summed E-state index contributed by atoms with van der Waals surface area (Å²) in [6, 6.07) is 0.552. The molecule has 3 nitrogen and oxygen atoms in total. The van der Waals surface area contributed by atoms with Gasteiger partial charge in [0.25, 0.3) is 0 Å². The quantitative estimate of drug-likeness (QED) is 0.597. The lowest BCUT2D eigenvalue weighted by molar-refractivity contribution is 0.0999. The highest BCUT2D eigenvalue weighted by Crippen LogP contribution is 2.35. The van der Waals surface area contributed by atoms with Gasteiger partial charge in [-0.3, -0.25) is 4.79 Å². The van der Waals surface area contributed by atoms with Crippen LogP contribution in [-0.4, -0.2) is 15.3 Å². The number of hydrogen-bond donors (Lipinski definition) is 0. The third-order valence-corrected chi connectivity index (χ3v) is 1.92. The average molecular weight is 150 g/mol. The van der Waals surface area contributed by atoms with Crippen LogP contribution >= 0.6 is 0 Å². The Morgan fingerprint density at radius 3 is 3.00 bits per heavy atom. The summed E-state index contributed by atoms with van der Waals surface area (Å²) in [6.07, 6.45) is 5.96. The molecule has 0 saturated heterocycles. The van der Waals surface area contributed by atoms with Crippen LogP contribution < -0.4 is 0 Å². The molecule has 0 unspecified atom stereocenters. The molecule has 0 spiro atoms. The summed E-state index contributed by atoms with van der Waals surface area (Å²) in [7, 11) is 0. The molecule has 0 amide bonds. The molecule has 1 aromatic heterocycles. The van der Waals surface area contributed by atoms with Crippen molar-refractivity contribution in [1.82, 2.24) is 9.55 Å². The minimum absolute atomic E-state index is 0.0573. The van der Waals surface area contributed by atoms with E-state index in [1.165, 1.54) is 12.8 Å². The van der Waals surface area contributed by atoms with Crippen LogP contribution in [0.3, 0.4) is 0 Å². The molecule has 0 bridgehead atoms. The van der Waals surface area contributed by atoms with Gasteiger partial charge in [-0.1, -0.05) is 0 Å². The lowest BCUT2D eigenvalue weighted by Crippen LogP contribution is -2.05. The van der Waals surface area contributed by atoms with Crippen LogP contribution in [0.15, 0.2) is 12.4 Å². The molecule has 1 aliphatic carbocycles. The van der Waals surface area contributed by atoms with Crippen molar-refractivity contribution in [3.05, 3.63) is 18.2 Å². The van der Waals surface area contributed by atoms with Crippen LogP contribution in [0, 0.1) is 0 Å². The Morgan fingerprint density at radius 1 is 1.73 bits per heavy atom. The molecule has 1 aromatic rings. The number of carbonyl (C=O) groups excluding carboxylic acids is 1. The highest BCUT2D eigenvalue weighted by Gasteiger charge is 2.26. The molecule has 1 saturated carbocycles. The van der Waals surface area contributed by atoms with Gasteiger partial charge in [-0.2, -0.15) is 0 Å². The predicted molar refractivity (Wildman–Crippen MR) is 40.5 cm³/mol. The van der Waals surface area contributed by atoms with Gasteiger partial charge >= 0.3 is 0 Å². The van der Waals surface area contributed by atoms with Gasteiger partial charge in [0.15, 0.2) is 11.6 Å². The minimum atomic E-state index is 0.0573. The lowest BCUT2D eigenvalue weighted by Gasteiger charge is -2.00. The summed E-state index contributed by atoms with van der Waals surface area (Å²) in [4.78, 5) is 15.0. The van der Waals surface area contributed by atoms with Crippen molar-refractivity contribution in [2.75, 3.05) is 0 Å². The lowest BCUT2D eigenvalue weighted by atomic mass is 10.4. The molecule has 11 heavy (non-hydrogen) atoms. The van der Waals surface area contributed by atoms with Crippen LogP contribution in [-0.2, 0) is 0 Å². The molecule has 0 aliphatic heterocycles. The molecule has 0 atom stereocenters. The maximum Gasteiger partial charge on any atom is 0.195 e. The fourth-order valence-electron chi connectivity index (χ4n) is 1.23. The van der Waals surface area contributed by atoms with Gasteiger partial charge in [0.1, 0.15) is 0 Å². The summed E-state index contributed by atoms with van der Waals surface area (Å²) in [5.41, 5.74) is 0. The zero-order valence-electron chi connectivity index (χ0n) is 6.45. The van der Waals surface area contributed by atoms with E-state index < -0.39 is 0 Å². The number of Topliss-reactive ketones (excluding diaryl/α,β-unsaturated/α-hetero) is 1. The van der Waals surface area contributed by atoms with E-state index in [1.54, 1.807) is 13.1 Å². The van der Waals surface area contributed by atoms with Crippen molar-refractivity contribution < 1.29 is 4.79 Å². The zero-order valence-corrected chi connectivity index (χ0v) is 6.45. The second kappa shape index (κ2) is 2.19. The van der Waals surface area contributed by atoms with Gasteiger partial charge in [-0.05, 0) is 12.8 Å². The highest BCUT2D eigenvalue weighted by molar-refractivity contribution is 5.90. The van der Waals surface area contributed by atoms with Crippen molar-refractivity contribution >= 4 is 5.78 Å². The number of rotatable bonds is 2. The van der Waals surface area contributed by atoms with Crippen molar-refractivity contribution in [1.29, 1.82) is 0 Å². The molecule has 3 heteroatoms. The topological polar surface area (TPSA) is 34.9 Å². The van der Waals surface area contributed by atoms with Gasteiger partial charge in [0.2, 0.25) is 0 Å². The predicted octanol–water partition coefficient (Wildman–Crippen LogP) is 1.42. The number of aromatic nitrogens is 2. The Bertz CT molecular complexity index is 286. The van der Waals surface area contributed by atoms with E-state index >= 15 is 0 Å². The van der Waals surface area contributed by atoms with Crippen molar-refractivity contribution in [2.45, 2.75) is 25.8 Å². The first-order valence-corrected chi connectivity index (χ1v) is 3.83. The second-order valence-corrected chi connectivity index (χ2v) is 2.95. The van der Waals surface area contributed by atoms with Gasteiger partial charge < -0.3 is 4.57 Å². The van der Waals surface area contributed by atoms with E-state index in [1.807, 2.05) is 10.8 Å². The standard InChI is InChI=1S/C8H10N2O/c1-6(11)8-9-4-5-10(8)7-2-3-7/h4-5,7H,2-3H2,1H3. The Morgan fingerprint density at radius 2 is 2.45 bits per heavy atom. The van der Waals surface area contributed by atoms with Crippen molar-refractivity contribution in [2.24, 2.45) is 0 Å². The number of carbonyl (C=O) groups is 1. The summed E-state index contributed by atoms with van der Waals surface area (Å²) >= 11 is 0. The number of nitrogens with zero attached hydrogens (tertiary/aromatic N) is 2. The Balaban J connectivity index is 2.37. The normalized spacial score (nSPS) is 16.8. The van der Waals surface area contributed by atoms with Gasteiger partial charge in [0.05, 0.1) is 0 Å². The molecule has 1 fully saturated rings. The van der Waals surface area contributed by atoms with Crippen molar-refractivity contribution in [3.63, 3.8) is 0 Å². The summed E-state index contributed by atoms with van der Waals surface area (Å²) < 4.78 is 1.97. The minimum Gasteiger partial charge on any atom is -0.325 e. The molecule has 0 N–H and O–H groups in total. The first-order valence-electron chi connectivity index (χ1n) is 3.83. The maximum absolute atomic E-state index is 11.0. The van der Waals surface area contributed by atoms with Crippen LogP contribution in [0.25, 0.3) is 0 Å². The SMILES string of the molecule is CC(=O)c1nccn1C1CC1. The smallest absolute Gasteiger partial charge is 0.195 e. The number of imidazole rings is 1. The van der Waals surface area contributed by atoms with E-state index in [-0.39, 0.29) is 5.78 Å². The molecule has 0 aromatic carbocycles. The van der Waals surface area contributed by atoms with E-state index in [4.69, 9.17) is 0 Å². The van der Waals surface area contributed by atoms with Gasteiger partial charge in [-0.25, -0.2) is 4.98 Å². The zero-order chi connectivity index (χ0) is 7.84. The van der Waals surface area contributed by atoms with Crippen LogP contribution in [0.5, 0.6) is 0 Å². The molecule has 2 rings (SSSR count). The maximum atomic E-state index is 11.0. The molecule has 1 aliphatic rings. The van der Waals surface area contributed by atoms with E-state index in [9.17, 15) is 4.79 Å². The van der Waals surface area contributed by atoms with Gasteiger partial charge in [0, 0.05) is 25.4 Å². The van der Waals surface area contributed by atoms with Crippen LogP contribution in [0.2, 0.25) is 0 Å². The fourth-order valence-corrected chi connectivity index (χ4v) is 1.23. The summed E-state index contributed by atoms with van der Waals surface area (Å²) in [5, 5.41) is 0. The summed E-state index contributed by atoms with van der Waals surface area (Å²) in [6.45, 7) is 1.56. The molecular formula is C8H10N2O. The third kappa shape index (κ3) is 1.06. The number of ketones is 1. The molecule has 0 radical (unpaired) electrons. The van der Waals surface area contributed by atoms with Crippen LogP contribution in [0.4, 0.5) is 0 Å². The largest absolute Gasteiger partial charge is 0.325 e. The highest BCUT2D eigenvalue weighted by atomic mass is 16.1. The molecular weight excluding hydrogens is 140 g/mol. The van der Waals surface area contributed by atoms with Gasteiger partial charge in [-0.15, -0.1) is 0 Å². The average Bonchev–Trinajstić information content (AvgIpc) is 2.68. The van der Waals surface area contributed by atoms with Crippen LogP contribution in [0.1, 0.15) is 36.4 Å². The number of hydrogen-bond acceptors (Lipinski definition) is 2.